The van der Waals surface area contributed by atoms with E-state index < -0.39 is 0 Å². The lowest BCUT2D eigenvalue weighted by Gasteiger charge is -2.31. The van der Waals surface area contributed by atoms with Crippen molar-refractivity contribution in [3.05, 3.63) is 35.6 Å². The van der Waals surface area contributed by atoms with Crippen LogP contribution in [-0.4, -0.2) is 44.8 Å². The summed E-state index contributed by atoms with van der Waals surface area (Å²) >= 11 is 0. The second kappa shape index (κ2) is 8.25. The Bertz CT molecular complexity index is 373. The molecule has 1 aromatic rings. The molecule has 1 rings (SSSR count). The van der Waals surface area contributed by atoms with Crippen LogP contribution in [0.4, 0.5) is 4.39 Å². The van der Waals surface area contributed by atoms with Crippen molar-refractivity contribution >= 4 is 0 Å². The van der Waals surface area contributed by atoms with E-state index in [4.69, 9.17) is 4.74 Å². The summed E-state index contributed by atoms with van der Waals surface area (Å²) in [6.07, 6.45) is 0. The summed E-state index contributed by atoms with van der Waals surface area (Å²) in [5.74, 6) is -0.155. The van der Waals surface area contributed by atoms with E-state index in [1.807, 2.05) is 19.2 Å². The molecule has 0 aliphatic carbocycles. The zero-order valence-electron chi connectivity index (χ0n) is 12.3. The smallest absolute Gasteiger partial charge is 0.128 e. The van der Waals surface area contributed by atoms with E-state index in [9.17, 15) is 4.39 Å². The third-order valence-corrected chi connectivity index (χ3v) is 3.48. The molecule has 0 aliphatic rings. The zero-order chi connectivity index (χ0) is 14.3. The lowest BCUT2D eigenvalue weighted by Crippen LogP contribution is -2.41. The lowest BCUT2D eigenvalue weighted by atomic mass is 10.1. The van der Waals surface area contributed by atoms with Gasteiger partial charge in [0, 0.05) is 31.3 Å². The maximum Gasteiger partial charge on any atom is 0.128 e. The fourth-order valence-electron chi connectivity index (χ4n) is 2.30. The van der Waals surface area contributed by atoms with Gasteiger partial charge in [0.25, 0.3) is 0 Å². The first-order valence-electron chi connectivity index (χ1n) is 6.78. The molecule has 0 saturated heterocycles. The van der Waals surface area contributed by atoms with Crippen LogP contribution < -0.4 is 5.32 Å². The normalized spacial score (nSPS) is 14.6. The molecule has 0 aliphatic heterocycles. The summed E-state index contributed by atoms with van der Waals surface area (Å²) in [6.45, 7) is 6.60. The number of ether oxygens (including phenoxy) is 1. The zero-order valence-corrected chi connectivity index (χ0v) is 12.3. The summed E-state index contributed by atoms with van der Waals surface area (Å²) in [5.41, 5.74) is 0.716. The molecule has 3 nitrogen and oxygen atoms in total. The van der Waals surface area contributed by atoms with Gasteiger partial charge >= 0.3 is 0 Å². The molecular formula is C15H25FN2O. The highest BCUT2D eigenvalue weighted by atomic mass is 19.1. The molecule has 108 valence electrons. The van der Waals surface area contributed by atoms with Crippen molar-refractivity contribution in [2.75, 3.05) is 33.9 Å². The largest absolute Gasteiger partial charge is 0.383 e. The third kappa shape index (κ3) is 4.56. The molecule has 2 unspecified atom stereocenters. The quantitative estimate of drug-likeness (QED) is 0.784. The van der Waals surface area contributed by atoms with Crippen molar-refractivity contribution in [2.45, 2.75) is 25.9 Å². The number of nitrogens with one attached hydrogen (secondary N) is 1. The van der Waals surface area contributed by atoms with E-state index in [-0.39, 0.29) is 11.9 Å². The van der Waals surface area contributed by atoms with Crippen molar-refractivity contribution < 1.29 is 9.13 Å². The minimum absolute atomic E-state index is 0.0135. The molecule has 0 amide bonds. The summed E-state index contributed by atoms with van der Waals surface area (Å²) in [4.78, 5) is 2.29. The van der Waals surface area contributed by atoms with Gasteiger partial charge in [0.05, 0.1) is 6.61 Å². The van der Waals surface area contributed by atoms with Crippen LogP contribution in [0.2, 0.25) is 0 Å². The van der Waals surface area contributed by atoms with E-state index in [1.165, 1.54) is 6.07 Å². The molecule has 0 heterocycles. The minimum atomic E-state index is -0.155. The molecular weight excluding hydrogens is 243 g/mol. The summed E-state index contributed by atoms with van der Waals surface area (Å²) < 4.78 is 19.0. The van der Waals surface area contributed by atoms with Gasteiger partial charge in [-0.25, -0.2) is 4.39 Å². The van der Waals surface area contributed by atoms with Crippen LogP contribution in [0.3, 0.4) is 0 Å². The van der Waals surface area contributed by atoms with Gasteiger partial charge in [0.2, 0.25) is 0 Å². The number of hydrogen-bond donors (Lipinski definition) is 1. The number of nitrogens with zero attached hydrogens (tertiary/aromatic N) is 1. The van der Waals surface area contributed by atoms with Gasteiger partial charge in [-0.1, -0.05) is 25.1 Å². The van der Waals surface area contributed by atoms with Gasteiger partial charge in [-0.2, -0.15) is 0 Å². The van der Waals surface area contributed by atoms with Gasteiger partial charge < -0.3 is 10.1 Å². The first-order valence-corrected chi connectivity index (χ1v) is 6.78. The van der Waals surface area contributed by atoms with Crippen molar-refractivity contribution in [3.8, 4) is 0 Å². The molecule has 0 saturated carbocycles. The van der Waals surface area contributed by atoms with Gasteiger partial charge in [-0.15, -0.1) is 0 Å². The van der Waals surface area contributed by atoms with Gasteiger partial charge in [-0.05, 0) is 26.6 Å². The Balaban J connectivity index is 2.78. The standard InChI is InChI=1S/C15H25FN2O/c1-5-18(12(2)11-19-4)10-15(17-3)13-8-6-7-9-14(13)16/h6-9,12,15,17H,5,10-11H2,1-4H3. The molecule has 0 radical (unpaired) electrons. The first-order chi connectivity index (χ1) is 9.13. The molecule has 19 heavy (non-hydrogen) atoms. The first kappa shape index (κ1) is 16.1. The molecule has 1 aromatic carbocycles. The summed E-state index contributed by atoms with van der Waals surface area (Å²) in [7, 11) is 3.57. The minimum Gasteiger partial charge on any atom is -0.383 e. The number of hydrogen-bond acceptors (Lipinski definition) is 3. The van der Waals surface area contributed by atoms with E-state index >= 15 is 0 Å². The Morgan fingerprint density at radius 1 is 1.37 bits per heavy atom. The highest BCUT2D eigenvalue weighted by Crippen LogP contribution is 2.18. The van der Waals surface area contributed by atoms with Crippen LogP contribution in [0.1, 0.15) is 25.5 Å². The van der Waals surface area contributed by atoms with E-state index in [1.54, 1.807) is 13.2 Å². The maximum absolute atomic E-state index is 13.8. The predicted molar refractivity (Wildman–Crippen MR) is 76.8 cm³/mol. The van der Waals surface area contributed by atoms with Crippen LogP contribution >= 0.6 is 0 Å². The second-order valence-electron chi connectivity index (χ2n) is 4.75. The van der Waals surface area contributed by atoms with Crippen LogP contribution in [0.25, 0.3) is 0 Å². The van der Waals surface area contributed by atoms with Crippen LogP contribution in [-0.2, 0) is 4.74 Å². The third-order valence-electron chi connectivity index (χ3n) is 3.48. The highest BCUT2D eigenvalue weighted by molar-refractivity contribution is 5.21. The Morgan fingerprint density at radius 2 is 2.05 bits per heavy atom. The Labute approximate surface area is 115 Å². The number of likely N-dealkylation sites (N-methyl/N-ethyl adjacent to an activating group) is 2. The van der Waals surface area contributed by atoms with Crippen LogP contribution in [0, 0.1) is 5.82 Å². The Hall–Kier alpha value is -0.970. The number of methoxy groups -OCH3 is 1. The summed E-state index contributed by atoms with van der Waals surface area (Å²) in [6, 6.07) is 7.24. The molecule has 0 fully saturated rings. The van der Waals surface area contributed by atoms with Gasteiger partial charge in [0.15, 0.2) is 0 Å². The second-order valence-corrected chi connectivity index (χ2v) is 4.75. The number of benzene rings is 1. The molecule has 1 N–H and O–H groups in total. The fourth-order valence-corrected chi connectivity index (χ4v) is 2.30. The van der Waals surface area contributed by atoms with Crippen molar-refractivity contribution in [1.29, 1.82) is 0 Å². The van der Waals surface area contributed by atoms with Gasteiger partial charge in [0.1, 0.15) is 5.82 Å². The average molecular weight is 268 g/mol. The fraction of sp³-hybridized carbons (Fsp3) is 0.600. The van der Waals surface area contributed by atoms with Crippen molar-refractivity contribution in [2.24, 2.45) is 0 Å². The lowest BCUT2D eigenvalue weighted by molar-refractivity contribution is 0.0960. The molecule has 0 aromatic heterocycles. The van der Waals surface area contributed by atoms with Crippen LogP contribution in [0.15, 0.2) is 24.3 Å². The molecule has 4 heteroatoms. The monoisotopic (exact) mass is 268 g/mol. The topological polar surface area (TPSA) is 24.5 Å². The van der Waals surface area contributed by atoms with E-state index in [2.05, 4.69) is 24.1 Å². The van der Waals surface area contributed by atoms with E-state index in [0.717, 1.165) is 13.1 Å². The Morgan fingerprint density at radius 3 is 2.58 bits per heavy atom. The average Bonchev–Trinajstić information content (AvgIpc) is 2.41. The summed E-state index contributed by atoms with van der Waals surface area (Å²) in [5, 5.41) is 3.20. The number of halogens is 1. The maximum atomic E-state index is 13.8. The SMILES string of the molecule is CCN(CC(NC)c1ccccc1F)C(C)COC. The van der Waals surface area contributed by atoms with Crippen molar-refractivity contribution in [1.82, 2.24) is 10.2 Å². The molecule has 2 atom stereocenters. The molecule has 0 spiro atoms. The van der Waals surface area contributed by atoms with Crippen molar-refractivity contribution in [3.63, 3.8) is 0 Å². The predicted octanol–water partition coefficient (Wildman–Crippen LogP) is 2.44. The number of rotatable bonds is 8. The Kier molecular flexibility index (Phi) is 6.99. The van der Waals surface area contributed by atoms with E-state index in [0.29, 0.717) is 18.2 Å². The highest BCUT2D eigenvalue weighted by Gasteiger charge is 2.19. The van der Waals surface area contributed by atoms with Gasteiger partial charge in [-0.3, -0.25) is 4.90 Å². The molecule has 0 bridgehead atoms. The van der Waals surface area contributed by atoms with Crippen LogP contribution in [0.5, 0.6) is 0 Å².